The summed E-state index contributed by atoms with van der Waals surface area (Å²) in [6, 6.07) is 0. The van der Waals surface area contributed by atoms with Gasteiger partial charge in [0.15, 0.2) is 0 Å². The smallest absolute Gasteiger partial charge is 0.306 e. The highest BCUT2D eigenvalue weighted by Gasteiger charge is 2.19. The molecule has 1 rings (SSSR count). The Morgan fingerprint density at radius 1 is 1.56 bits per heavy atom. The molecular weight excluding hydrogens is 230 g/mol. The van der Waals surface area contributed by atoms with Gasteiger partial charge in [0.05, 0.1) is 19.6 Å². The lowest BCUT2D eigenvalue weighted by atomic mass is 10.2. The molecule has 0 N–H and O–H groups in total. The van der Waals surface area contributed by atoms with E-state index >= 15 is 0 Å². The molecule has 0 aromatic carbocycles. The molecule has 0 saturated carbocycles. The fourth-order valence-electron chi connectivity index (χ4n) is 2.18. The second-order valence-corrected chi connectivity index (χ2v) is 4.69. The lowest BCUT2D eigenvalue weighted by Crippen LogP contribution is -2.34. The number of carbonyl (C=O) groups is 1. The molecule has 1 unspecified atom stereocenters. The van der Waals surface area contributed by atoms with Crippen LogP contribution in [-0.4, -0.2) is 50.3 Å². The van der Waals surface area contributed by atoms with Crippen molar-refractivity contribution in [2.75, 3.05) is 33.4 Å². The summed E-state index contributed by atoms with van der Waals surface area (Å²) >= 11 is 0. The first kappa shape index (κ1) is 15.2. The van der Waals surface area contributed by atoms with Crippen LogP contribution in [0.4, 0.5) is 0 Å². The minimum Gasteiger partial charge on any atom is -0.469 e. The van der Waals surface area contributed by atoms with Gasteiger partial charge in [-0.15, -0.1) is 6.58 Å². The molecule has 0 amide bonds. The van der Waals surface area contributed by atoms with E-state index in [1.165, 1.54) is 7.11 Å². The quantitative estimate of drug-likeness (QED) is 0.359. The fourth-order valence-corrected chi connectivity index (χ4v) is 2.18. The number of rotatable bonds is 9. The lowest BCUT2D eigenvalue weighted by molar-refractivity contribution is -0.141. The maximum Gasteiger partial charge on any atom is 0.306 e. The van der Waals surface area contributed by atoms with Gasteiger partial charge in [-0.05, 0) is 32.2 Å². The van der Waals surface area contributed by atoms with Crippen molar-refractivity contribution in [3.63, 3.8) is 0 Å². The van der Waals surface area contributed by atoms with Crippen molar-refractivity contribution < 1.29 is 14.3 Å². The summed E-state index contributed by atoms with van der Waals surface area (Å²) in [5, 5.41) is 0. The Kier molecular flexibility index (Phi) is 7.69. The average molecular weight is 255 g/mol. The van der Waals surface area contributed by atoms with E-state index in [2.05, 4.69) is 16.2 Å². The van der Waals surface area contributed by atoms with Crippen LogP contribution in [0.3, 0.4) is 0 Å². The number of unbranched alkanes of at least 4 members (excludes halogenated alkanes) is 1. The van der Waals surface area contributed by atoms with Crippen molar-refractivity contribution in [3.8, 4) is 0 Å². The van der Waals surface area contributed by atoms with E-state index in [1.807, 2.05) is 6.08 Å². The third-order valence-corrected chi connectivity index (χ3v) is 3.23. The maximum absolute atomic E-state index is 11.2. The van der Waals surface area contributed by atoms with Crippen LogP contribution in [0.2, 0.25) is 0 Å². The zero-order chi connectivity index (χ0) is 13.2. The van der Waals surface area contributed by atoms with Crippen LogP contribution < -0.4 is 0 Å². The van der Waals surface area contributed by atoms with Gasteiger partial charge in [-0.25, -0.2) is 0 Å². The summed E-state index contributed by atoms with van der Waals surface area (Å²) < 4.78 is 10.3. The van der Waals surface area contributed by atoms with Crippen LogP contribution in [0.25, 0.3) is 0 Å². The predicted octanol–water partition coefficient (Wildman–Crippen LogP) is 2.00. The number of hydrogen-bond donors (Lipinski definition) is 0. The van der Waals surface area contributed by atoms with Crippen LogP contribution in [-0.2, 0) is 14.3 Å². The molecule has 0 aromatic heterocycles. The number of allylic oxidation sites excluding steroid dienone is 1. The molecular formula is C14H25NO3. The highest BCUT2D eigenvalue weighted by molar-refractivity contribution is 5.69. The summed E-state index contributed by atoms with van der Waals surface area (Å²) in [5.74, 6) is -0.143. The highest BCUT2D eigenvalue weighted by atomic mass is 16.5. The summed E-state index contributed by atoms with van der Waals surface area (Å²) in [6.45, 7) is 7.28. The van der Waals surface area contributed by atoms with Gasteiger partial charge in [0.2, 0.25) is 0 Å². The van der Waals surface area contributed by atoms with Gasteiger partial charge in [-0.3, -0.25) is 4.79 Å². The van der Waals surface area contributed by atoms with E-state index in [0.717, 1.165) is 51.9 Å². The molecule has 0 bridgehead atoms. The van der Waals surface area contributed by atoms with Gasteiger partial charge < -0.3 is 14.4 Å². The van der Waals surface area contributed by atoms with Gasteiger partial charge in [0.25, 0.3) is 0 Å². The van der Waals surface area contributed by atoms with E-state index in [9.17, 15) is 4.79 Å². The molecule has 1 atom stereocenters. The first-order chi connectivity index (χ1) is 8.76. The molecule has 18 heavy (non-hydrogen) atoms. The standard InChI is InChI=1S/C14H25NO3/c1-3-4-5-9-15(10-8-14(16)17-2)12-13-7-6-11-18-13/h3,13H,1,4-12H2,2H3. The third-order valence-electron chi connectivity index (χ3n) is 3.23. The fraction of sp³-hybridized carbons (Fsp3) is 0.786. The average Bonchev–Trinajstić information content (AvgIpc) is 2.88. The molecule has 1 heterocycles. The largest absolute Gasteiger partial charge is 0.469 e. The summed E-state index contributed by atoms with van der Waals surface area (Å²) in [6.07, 6.45) is 7.11. The van der Waals surface area contributed by atoms with Crippen molar-refractivity contribution in [1.82, 2.24) is 4.90 Å². The van der Waals surface area contributed by atoms with Crippen molar-refractivity contribution in [2.45, 2.75) is 38.2 Å². The van der Waals surface area contributed by atoms with E-state index in [1.54, 1.807) is 0 Å². The van der Waals surface area contributed by atoms with Gasteiger partial charge in [-0.2, -0.15) is 0 Å². The summed E-state index contributed by atoms with van der Waals surface area (Å²) in [5.41, 5.74) is 0. The van der Waals surface area contributed by atoms with Crippen LogP contribution >= 0.6 is 0 Å². The molecule has 1 saturated heterocycles. The molecule has 0 aromatic rings. The lowest BCUT2D eigenvalue weighted by Gasteiger charge is -2.24. The molecule has 0 aliphatic carbocycles. The number of nitrogens with zero attached hydrogens (tertiary/aromatic N) is 1. The number of hydrogen-bond acceptors (Lipinski definition) is 4. The van der Waals surface area contributed by atoms with Crippen molar-refractivity contribution in [1.29, 1.82) is 0 Å². The number of methoxy groups -OCH3 is 1. The van der Waals surface area contributed by atoms with Gasteiger partial charge in [0.1, 0.15) is 0 Å². The SMILES string of the molecule is C=CCCCN(CCC(=O)OC)CC1CCCO1. The van der Waals surface area contributed by atoms with Crippen LogP contribution in [0.1, 0.15) is 32.1 Å². The van der Waals surface area contributed by atoms with E-state index in [-0.39, 0.29) is 5.97 Å². The minimum atomic E-state index is -0.143. The molecule has 1 fully saturated rings. The normalized spacial score (nSPS) is 19.1. The van der Waals surface area contributed by atoms with E-state index in [4.69, 9.17) is 4.74 Å². The Morgan fingerprint density at radius 3 is 3.00 bits per heavy atom. The molecule has 0 spiro atoms. The minimum absolute atomic E-state index is 0.143. The van der Waals surface area contributed by atoms with Gasteiger partial charge >= 0.3 is 5.97 Å². The molecule has 0 radical (unpaired) electrons. The molecule has 4 heteroatoms. The van der Waals surface area contributed by atoms with Crippen molar-refractivity contribution in [3.05, 3.63) is 12.7 Å². The molecule has 1 aliphatic rings. The Hall–Kier alpha value is -0.870. The third kappa shape index (κ3) is 6.17. The Bertz CT molecular complexity index is 249. The summed E-state index contributed by atoms with van der Waals surface area (Å²) in [4.78, 5) is 13.5. The monoisotopic (exact) mass is 255 g/mol. The second-order valence-electron chi connectivity index (χ2n) is 4.69. The second kappa shape index (κ2) is 9.11. The Morgan fingerprint density at radius 2 is 2.39 bits per heavy atom. The summed E-state index contributed by atoms with van der Waals surface area (Å²) in [7, 11) is 1.43. The van der Waals surface area contributed by atoms with E-state index < -0.39 is 0 Å². The molecule has 4 nitrogen and oxygen atoms in total. The van der Waals surface area contributed by atoms with Gasteiger partial charge in [-0.1, -0.05) is 6.08 Å². The molecule has 104 valence electrons. The van der Waals surface area contributed by atoms with E-state index in [0.29, 0.717) is 12.5 Å². The van der Waals surface area contributed by atoms with Gasteiger partial charge in [0, 0.05) is 19.7 Å². The number of ether oxygens (including phenoxy) is 2. The first-order valence-corrected chi connectivity index (χ1v) is 6.78. The first-order valence-electron chi connectivity index (χ1n) is 6.78. The van der Waals surface area contributed by atoms with Crippen molar-refractivity contribution in [2.24, 2.45) is 0 Å². The Balaban J connectivity index is 2.29. The number of carbonyl (C=O) groups excluding carboxylic acids is 1. The maximum atomic E-state index is 11.2. The van der Waals surface area contributed by atoms with Crippen LogP contribution in [0.5, 0.6) is 0 Å². The molecule has 1 aliphatic heterocycles. The highest BCUT2D eigenvalue weighted by Crippen LogP contribution is 2.14. The van der Waals surface area contributed by atoms with Crippen LogP contribution in [0.15, 0.2) is 12.7 Å². The number of esters is 1. The predicted molar refractivity (Wildman–Crippen MR) is 71.5 cm³/mol. The Labute approximate surface area is 110 Å². The topological polar surface area (TPSA) is 38.8 Å². The van der Waals surface area contributed by atoms with Crippen LogP contribution in [0, 0.1) is 0 Å². The zero-order valence-corrected chi connectivity index (χ0v) is 11.4. The zero-order valence-electron chi connectivity index (χ0n) is 11.4. The van der Waals surface area contributed by atoms with Crippen molar-refractivity contribution >= 4 is 5.97 Å².